The van der Waals surface area contributed by atoms with Gasteiger partial charge < -0.3 is 10.1 Å². The minimum atomic E-state index is -0.526. The second kappa shape index (κ2) is 5.83. The fraction of sp³-hybridized carbons (Fsp3) is 0.0714. The number of hydrogen-bond donors (Lipinski definition) is 2. The molecule has 6 nitrogen and oxygen atoms in total. The molecule has 1 aromatic heterocycles. The van der Waals surface area contributed by atoms with E-state index in [-0.39, 0.29) is 11.5 Å². The molecule has 1 amide bonds. The van der Waals surface area contributed by atoms with Crippen LogP contribution in [-0.4, -0.2) is 24.2 Å². The predicted molar refractivity (Wildman–Crippen MR) is 69.6 cm³/mol. The predicted octanol–water partition coefficient (Wildman–Crippen LogP) is 1.25. The van der Waals surface area contributed by atoms with Gasteiger partial charge in [0.15, 0.2) is 0 Å². The average molecular weight is 273 g/mol. The molecule has 2 N–H and O–H groups in total. The van der Waals surface area contributed by atoms with Gasteiger partial charge in [0.05, 0.1) is 23.9 Å². The largest absolute Gasteiger partial charge is 0.465 e. The second-order valence-corrected chi connectivity index (χ2v) is 3.96. The molecule has 0 spiro atoms. The number of hydrogen-bond acceptors (Lipinski definition) is 4. The molecule has 0 saturated heterocycles. The SMILES string of the molecule is COC(=O)c1ccccc1NC(=O)c1cc[n+](O)cc1. The van der Waals surface area contributed by atoms with Crippen molar-refractivity contribution < 1.29 is 24.3 Å². The Kier molecular flexibility index (Phi) is 3.95. The van der Waals surface area contributed by atoms with Crippen molar-refractivity contribution in [2.75, 3.05) is 12.4 Å². The summed E-state index contributed by atoms with van der Waals surface area (Å²) in [5.74, 6) is -0.913. The molecule has 0 radical (unpaired) electrons. The van der Waals surface area contributed by atoms with Gasteiger partial charge >= 0.3 is 5.97 Å². The summed E-state index contributed by atoms with van der Waals surface area (Å²) in [5, 5.41) is 11.7. The quantitative estimate of drug-likeness (QED) is 0.501. The smallest absolute Gasteiger partial charge is 0.339 e. The highest BCUT2D eigenvalue weighted by Gasteiger charge is 2.14. The highest BCUT2D eigenvalue weighted by Crippen LogP contribution is 2.16. The van der Waals surface area contributed by atoms with E-state index in [0.29, 0.717) is 11.3 Å². The summed E-state index contributed by atoms with van der Waals surface area (Å²) in [6.45, 7) is 0. The molecule has 2 rings (SSSR count). The summed E-state index contributed by atoms with van der Waals surface area (Å²) >= 11 is 0. The summed E-state index contributed by atoms with van der Waals surface area (Å²) in [4.78, 5) is 23.6. The normalized spacial score (nSPS) is 9.85. The van der Waals surface area contributed by atoms with E-state index >= 15 is 0 Å². The Morgan fingerprint density at radius 3 is 2.45 bits per heavy atom. The van der Waals surface area contributed by atoms with Crippen molar-refractivity contribution in [1.82, 2.24) is 0 Å². The molecule has 0 atom stereocenters. The van der Waals surface area contributed by atoms with E-state index < -0.39 is 5.97 Å². The number of carbonyl (C=O) groups is 2. The van der Waals surface area contributed by atoms with Crippen LogP contribution in [-0.2, 0) is 4.74 Å². The van der Waals surface area contributed by atoms with Crippen molar-refractivity contribution in [3.05, 3.63) is 59.9 Å². The van der Waals surface area contributed by atoms with Crippen LogP contribution in [0, 0.1) is 0 Å². The third-order valence-electron chi connectivity index (χ3n) is 2.66. The van der Waals surface area contributed by atoms with Gasteiger partial charge in [0, 0.05) is 16.9 Å². The first-order chi connectivity index (χ1) is 9.61. The van der Waals surface area contributed by atoms with Crippen LogP contribution in [0.3, 0.4) is 0 Å². The maximum Gasteiger partial charge on any atom is 0.339 e. The summed E-state index contributed by atoms with van der Waals surface area (Å²) in [6, 6.07) is 9.47. The number of esters is 1. The molecule has 0 aliphatic carbocycles. The number of rotatable bonds is 3. The van der Waals surface area contributed by atoms with Crippen molar-refractivity contribution in [2.45, 2.75) is 0 Å². The van der Waals surface area contributed by atoms with Crippen LogP contribution in [0.5, 0.6) is 0 Å². The first kappa shape index (κ1) is 13.5. The van der Waals surface area contributed by atoms with Gasteiger partial charge in [-0.1, -0.05) is 12.1 Å². The van der Waals surface area contributed by atoms with Gasteiger partial charge in [0.1, 0.15) is 0 Å². The first-order valence-electron chi connectivity index (χ1n) is 5.81. The van der Waals surface area contributed by atoms with Gasteiger partial charge in [0.2, 0.25) is 12.4 Å². The van der Waals surface area contributed by atoms with E-state index in [0.717, 1.165) is 4.73 Å². The number of methoxy groups -OCH3 is 1. The number of nitrogens with zero attached hydrogens (tertiary/aromatic N) is 1. The minimum absolute atomic E-state index is 0.275. The van der Waals surface area contributed by atoms with Crippen molar-refractivity contribution >= 4 is 17.6 Å². The third kappa shape index (κ3) is 2.92. The van der Waals surface area contributed by atoms with Crippen LogP contribution < -0.4 is 10.0 Å². The zero-order valence-corrected chi connectivity index (χ0v) is 10.7. The lowest BCUT2D eigenvalue weighted by Gasteiger charge is -2.09. The molecule has 20 heavy (non-hydrogen) atoms. The topological polar surface area (TPSA) is 79.5 Å². The molecule has 0 fully saturated rings. The van der Waals surface area contributed by atoms with Gasteiger partial charge in [-0.25, -0.2) is 4.79 Å². The lowest BCUT2D eigenvalue weighted by Crippen LogP contribution is -2.29. The Hall–Kier alpha value is -2.89. The molecule has 0 saturated carbocycles. The number of nitrogens with one attached hydrogen (secondary N) is 1. The fourth-order valence-electron chi connectivity index (χ4n) is 1.64. The number of ether oxygens (including phenoxy) is 1. The molecule has 0 bridgehead atoms. The standard InChI is InChI=1S/C14H12N2O4/c1-20-14(18)11-4-2-3-5-12(11)15-13(17)10-6-8-16(19)9-7-10/h2-9H,1H3,(H-,15,17,18,19)/p+1. The van der Waals surface area contributed by atoms with Crippen LogP contribution in [0.2, 0.25) is 0 Å². The number of amides is 1. The zero-order chi connectivity index (χ0) is 14.5. The van der Waals surface area contributed by atoms with Gasteiger partial charge in [-0.15, -0.1) is 0 Å². The van der Waals surface area contributed by atoms with E-state index in [9.17, 15) is 9.59 Å². The molecule has 1 heterocycles. The van der Waals surface area contributed by atoms with Crippen LogP contribution in [0.4, 0.5) is 5.69 Å². The molecule has 0 aliphatic heterocycles. The fourth-order valence-corrected chi connectivity index (χ4v) is 1.64. The van der Waals surface area contributed by atoms with Gasteiger partial charge in [-0.05, 0) is 12.1 Å². The Morgan fingerprint density at radius 2 is 1.80 bits per heavy atom. The second-order valence-electron chi connectivity index (χ2n) is 3.96. The van der Waals surface area contributed by atoms with Crippen LogP contribution in [0.25, 0.3) is 0 Å². The van der Waals surface area contributed by atoms with E-state index in [2.05, 4.69) is 10.1 Å². The van der Waals surface area contributed by atoms with E-state index in [1.165, 1.54) is 31.6 Å². The molecular formula is C14H13N2O4+. The molecular weight excluding hydrogens is 260 g/mol. The number of aromatic nitrogens is 1. The van der Waals surface area contributed by atoms with E-state index in [1.807, 2.05) is 0 Å². The third-order valence-corrected chi connectivity index (χ3v) is 2.66. The minimum Gasteiger partial charge on any atom is -0.465 e. The molecule has 1 aromatic carbocycles. The lowest BCUT2D eigenvalue weighted by atomic mass is 10.1. The number of anilines is 1. The molecule has 2 aromatic rings. The lowest BCUT2D eigenvalue weighted by molar-refractivity contribution is -0.904. The maximum absolute atomic E-state index is 12.0. The Morgan fingerprint density at radius 1 is 1.15 bits per heavy atom. The summed E-state index contributed by atoms with van der Waals surface area (Å²) in [6.07, 6.45) is 2.67. The molecule has 0 unspecified atom stereocenters. The number of carbonyl (C=O) groups excluding carboxylic acids is 2. The van der Waals surface area contributed by atoms with Crippen LogP contribution in [0.1, 0.15) is 20.7 Å². The van der Waals surface area contributed by atoms with Crippen molar-refractivity contribution in [3.8, 4) is 0 Å². The summed E-state index contributed by atoms with van der Waals surface area (Å²) in [5.41, 5.74) is 0.997. The van der Waals surface area contributed by atoms with Gasteiger partial charge in [-0.2, -0.15) is 0 Å². The Labute approximate surface area is 115 Å². The van der Waals surface area contributed by atoms with Crippen molar-refractivity contribution in [2.24, 2.45) is 0 Å². The maximum atomic E-state index is 12.0. The Balaban J connectivity index is 2.24. The van der Waals surface area contributed by atoms with E-state index in [1.54, 1.807) is 24.3 Å². The van der Waals surface area contributed by atoms with Crippen LogP contribution >= 0.6 is 0 Å². The molecule has 102 valence electrons. The van der Waals surface area contributed by atoms with Gasteiger partial charge in [-0.3, -0.25) is 10.0 Å². The van der Waals surface area contributed by atoms with E-state index in [4.69, 9.17) is 5.21 Å². The number of para-hydroxylation sites is 1. The van der Waals surface area contributed by atoms with Crippen molar-refractivity contribution in [3.63, 3.8) is 0 Å². The average Bonchev–Trinajstić information content (AvgIpc) is 2.47. The van der Waals surface area contributed by atoms with Gasteiger partial charge in [0.25, 0.3) is 5.91 Å². The highest BCUT2D eigenvalue weighted by molar-refractivity contribution is 6.07. The highest BCUT2D eigenvalue weighted by atomic mass is 16.5. The number of pyridine rings is 1. The monoisotopic (exact) mass is 273 g/mol. The van der Waals surface area contributed by atoms with Crippen LogP contribution in [0.15, 0.2) is 48.8 Å². The Bertz CT molecular complexity index is 638. The number of benzene rings is 1. The summed E-state index contributed by atoms with van der Waals surface area (Å²) < 4.78 is 5.49. The zero-order valence-electron chi connectivity index (χ0n) is 10.7. The summed E-state index contributed by atoms with van der Waals surface area (Å²) in [7, 11) is 1.28. The molecule has 6 heteroatoms. The van der Waals surface area contributed by atoms with Crippen molar-refractivity contribution in [1.29, 1.82) is 0 Å². The first-order valence-corrected chi connectivity index (χ1v) is 5.81. The molecule has 0 aliphatic rings.